The number of benzene rings is 9. The summed E-state index contributed by atoms with van der Waals surface area (Å²) in [7, 11) is 0. The van der Waals surface area contributed by atoms with E-state index in [1.54, 1.807) is 6.07 Å². The highest BCUT2D eigenvalue weighted by atomic mass is 16.3. The van der Waals surface area contributed by atoms with Gasteiger partial charge < -0.3 is 13.4 Å². The third kappa shape index (κ3) is 5.69. The Kier molecular flexibility index (Phi) is 5.32. The van der Waals surface area contributed by atoms with Gasteiger partial charge in [0.1, 0.15) is 16.7 Å². The molecule has 0 bridgehead atoms. The van der Waals surface area contributed by atoms with E-state index in [4.69, 9.17) is 36.1 Å². The van der Waals surface area contributed by atoms with Crippen molar-refractivity contribution in [3.05, 3.63) is 206 Å². The van der Waals surface area contributed by atoms with Crippen LogP contribution in [0.3, 0.4) is 0 Å². The van der Waals surface area contributed by atoms with Crippen LogP contribution in [0, 0.1) is 0 Å². The molecular weight excluding hydrogens is 773 g/mol. The molecule has 0 aliphatic carbocycles. The second-order valence-corrected chi connectivity index (χ2v) is 14.9. The summed E-state index contributed by atoms with van der Waals surface area (Å²) in [6.07, 6.45) is 0. The predicted octanol–water partition coefficient (Wildman–Crippen LogP) is 15.1. The molecule has 0 atom stereocenters. The number of hydrogen-bond donors (Lipinski definition) is 0. The Morgan fingerprint density at radius 1 is 0.397 bits per heavy atom. The zero-order valence-electron chi connectivity index (χ0n) is 46.7. The Morgan fingerprint density at radius 2 is 1.02 bits per heavy atom. The second-order valence-electron chi connectivity index (χ2n) is 14.9. The minimum atomic E-state index is -0.740. The van der Waals surface area contributed by atoms with Gasteiger partial charge in [-0.15, -0.1) is 0 Å². The van der Waals surface area contributed by atoms with Gasteiger partial charge in [0.05, 0.1) is 35.9 Å². The third-order valence-electron chi connectivity index (χ3n) is 11.2. The molecule has 0 unspecified atom stereocenters. The van der Waals surface area contributed by atoms with Crippen molar-refractivity contribution in [2.75, 3.05) is 0 Å². The molecular formula is C57H34N4O2. The van der Waals surface area contributed by atoms with Crippen molar-refractivity contribution in [3.8, 4) is 62.1 Å². The molecule has 63 heavy (non-hydrogen) atoms. The molecule has 294 valence electrons. The summed E-state index contributed by atoms with van der Waals surface area (Å²) in [5, 5.41) is 0.599. The fourth-order valence-electron chi connectivity index (χ4n) is 8.33. The molecule has 0 saturated carbocycles. The fourth-order valence-corrected chi connectivity index (χ4v) is 8.33. The monoisotopic (exact) mass is 820 g/mol. The summed E-state index contributed by atoms with van der Waals surface area (Å²) < 4.78 is 141. The highest BCUT2D eigenvalue weighted by Gasteiger charge is 2.20. The first-order chi connectivity index (χ1) is 37.0. The van der Waals surface area contributed by atoms with Crippen LogP contribution in [0.1, 0.15) is 19.2 Å². The smallest absolute Gasteiger partial charge is 0.164 e. The van der Waals surface area contributed by atoms with Crippen molar-refractivity contribution in [2.45, 2.75) is 0 Å². The highest BCUT2D eigenvalue weighted by molar-refractivity contribution is 6.14. The molecule has 0 saturated heterocycles. The Bertz CT molecular complexity index is 4660. The normalized spacial score (nSPS) is 14.9. The van der Waals surface area contributed by atoms with E-state index in [1.165, 1.54) is 0 Å². The summed E-state index contributed by atoms with van der Waals surface area (Å²) in [6, 6.07) is 29.5. The maximum Gasteiger partial charge on any atom is 0.164 e. The predicted molar refractivity (Wildman–Crippen MR) is 256 cm³/mol. The van der Waals surface area contributed by atoms with Crippen molar-refractivity contribution >= 4 is 65.7 Å². The van der Waals surface area contributed by atoms with E-state index in [9.17, 15) is 6.85 Å². The van der Waals surface area contributed by atoms with Gasteiger partial charge in [-0.05, 0) is 70.7 Å². The van der Waals surface area contributed by atoms with Gasteiger partial charge >= 0.3 is 0 Å². The van der Waals surface area contributed by atoms with Gasteiger partial charge in [-0.1, -0.05) is 158 Å². The van der Waals surface area contributed by atoms with Gasteiger partial charge in [0.15, 0.2) is 23.1 Å². The van der Waals surface area contributed by atoms with Gasteiger partial charge in [-0.3, -0.25) is 0 Å². The summed E-state index contributed by atoms with van der Waals surface area (Å²) in [5.41, 5.74) is 3.87. The molecule has 0 fully saturated rings. The van der Waals surface area contributed by atoms with Crippen molar-refractivity contribution < 1.29 is 28.0 Å². The Labute approximate surface area is 380 Å². The molecule has 0 radical (unpaired) electrons. The van der Waals surface area contributed by atoms with Crippen LogP contribution < -0.4 is 0 Å². The van der Waals surface area contributed by atoms with Crippen LogP contribution in [0.2, 0.25) is 0 Å². The first-order valence-corrected chi connectivity index (χ1v) is 20.0. The summed E-state index contributed by atoms with van der Waals surface area (Å²) in [4.78, 5) is 14.7. The van der Waals surface area contributed by atoms with E-state index in [1.807, 2.05) is 115 Å². The van der Waals surface area contributed by atoms with Crippen LogP contribution in [0.25, 0.3) is 128 Å². The van der Waals surface area contributed by atoms with Crippen molar-refractivity contribution in [2.24, 2.45) is 0 Å². The summed E-state index contributed by atoms with van der Waals surface area (Å²) in [6.45, 7) is 0. The Hall–Kier alpha value is -8.61. The first kappa shape index (κ1) is 24.0. The summed E-state index contributed by atoms with van der Waals surface area (Å²) >= 11 is 0. The van der Waals surface area contributed by atoms with Crippen LogP contribution in [-0.4, -0.2) is 19.5 Å². The van der Waals surface area contributed by atoms with Crippen LogP contribution in [0.15, 0.2) is 215 Å². The largest absolute Gasteiger partial charge is 0.456 e. The zero-order valence-corrected chi connectivity index (χ0v) is 32.7. The Morgan fingerprint density at radius 3 is 1.76 bits per heavy atom. The maximum absolute atomic E-state index is 9.82. The fraction of sp³-hybridized carbons (Fsp3) is 0. The lowest BCUT2D eigenvalue weighted by atomic mass is 9.99. The van der Waals surface area contributed by atoms with Crippen LogP contribution in [-0.2, 0) is 0 Å². The molecule has 4 aromatic heterocycles. The average molecular weight is 821 g/mol. The lowest BCUT2D eigenvalue weighted by Gasteiger charge is -2.09. The van der Waals surface area contributed by atoms with Gasteiger partial charge in [-0.25, -0.2) is 15.0 Å². The topological polar surface area (TPSA) is 69.9 Å². The zero-order chi connectivity index (χ0) is 53.6. The van der Waals surface area contributed by atoms with E-state index in [0.717, 1.165) is 37.6 Å². The molecule has 0 aliphatic rings. The number of nitrogens with zero attached hydrogens (tertiary/aromatic N) is 4. The van der Waals surface area contributed by atoms with Crippen LogP contribution >= 0.6 is 0 Å². The third-order valence-corrected chi connectivity index (χ3v) is 11.2. The molecule has 0 aliphatic heterocycles. The molecule has 6 heteroatoms. The summed E-state index contributed by atoms with van der Waals surface area (Å²) in [5.74, 6) is 0.0958. The lowest BCUT2D eigenvalue weighted by Crippen LogP contribution is -2.00. The molecule has 4 heterocycles. The second kappa shape index (κ2) is 14.0. The number of para-hydroxylation sites is 3. The average Bonchev–Trinajstić information content (AvgIpc) is 4.26. The molecule has 9 aromatic carbocycles. The lowest BCUT2D eigenvalue weighted by molar-refractivity contribution is 0.666. The molecule has 6 nitrogen and oxygen atoms in total. The van der Waals surface area contributed by atoms with Crippen LogP contribution in [0.5, 0.6) is 0 Å². The van der Waals surface area contributed by atoms with Gasteiger partial charge in [-0.2, -0.15) is 0 Å². The maximum atomic E-state index is 9.82. The minimum absolute atomic E-state index is 0.131. The highest BCUT2D eigenvalue weighted by Crippen LogP contribution is 2.41. The Balaban J connectivity index is 1.07. The number of hydrogen-bond acceptors (Lipinski definition) is 5. The molecule has 0 spiro atoms. The minimum Gasteiger partial charge on any atom is -0.456 e. The number of fused-ring (bicyclic) bond motifs is 9. The van der Waals surface area contributed by atoms with Crippen LogP contribution in [0.4, 0.5) is 0 Å². The first-order valence-electron chi connectivity index (χ1n) is 27.0. The van der Waals surface area contributed by atoms with Gasteiger partial charge in [0.25, 0.3) is 0 Å². The quantitative estimate of drug-likeness (QED) is 0.167. The number of furan rings is 2. The van der Waals surface area contributed by atoms with E-state index >= 15 is 0 Å². The van der Waals surface area contributed by atoms with E-state index in [-0.39, 0.29) is 61.2 Å². The standard InChI is InChI=1S/C57H34N4O2/c1-3-13-35(14-4-1)36-25-27-38(28-26-36)55-58-56(60-57(59-55)40-30-32-46-52(34-40)62-50-24-12-19-41(53(46)50)37-15-5-2-6-16-37)39-29-31-44-45-20-11-23-49(54(45)63-51(44)33-39)61-47-21-9-7-17-42(47)43-18-8-10-22-48(43)61/h1-34H/i7D,8D,9D,10D,11D,17D,18D,20D,21D,22D,23D,29D,31D,33D. The number of aromatic nitrogens is 4. The van der Waals surface area contributed by atoms with Gasteiger partial charge in [0, 0.05) is 49.0 Å². The molecule has 0 amide bonds. The van der Waals surface area contributed by atoms with E-state index < -0.39 is 95.9 Å². The molecule has 0 N–H and O–H groups in total. The van der Waals surface area contributed by atoms with Crippen molar-refractivity contribution in [1.29, 1.82) is 0 Å². The van der Waals surface area contributed by atoms with Crippen molar-refractivity contribution in [1.82, 2.24) is 19.5 Å². The number of rotatable bonds is 6. The molecule has 13 aromatic rings. The SMILES string of the molecule is [2H]c1c([2H])c([2H])c2c(oc3c([2H])c(-c4nc(-c5ccc(-c6ccccc6)cc5)nc(-c5ccc6c(c5)oc5cccc(-c7ccccc7)c56)n4)c([2H])c([2H])c32)c1-n1c2c([2H])c([2H])c([2H])c([2H])c2c2c([2H])c([2H])c([2H])c([2H])c21. The van der Waals surface area contributed by atoms with Crippen molar-refractivity contribution in [3.63, 3.8) is 0 Å². The molecule has 13 rings (SSSR count). The van der Waals surface area contributed by atoms with Gasteiger partial charge in [0.2, 0.25) is 0 Å². The van der Waals surface area contributed by atoms with E-state index in [2.05, 4.69) is 0 Å². The van der Waals surface area contributed by atoms with E-state index in [0.29, 0.717) is 22.3 Å².